The summed E-state index contributed by atoms with van der Waals surface area (Å²) in [6.07, 6.45) is 5.20. The van der Waals surface area contributed by atoms with Crippen molar-refractivity contribution in [3.05, 3.63) is 18.5 Å². The molecule has 0 radical (unpaired) electrons. The molecule has 1 aromatic rings. The maximum atomic E-state index is 5.69. The smallest absolute Gasteiger partial charge is 0.191 e. The molecule has 19 heavy (non-hydrogen) atoms. The molecule has 5 nitrogen and oxygen atoms in total. The lowest BCUT2D eigenvalue weighted by molar-refractivity contribution is -0.158. The summed E-state index contributed by atoms with van der Waals surface area (Å²) in [7, 11) is 0. The SMILES string of the molecule is C=CCn1c(C)nnc1SCCO[C@@H]1CCCCO1. The highest BCUT2D eigenvalue weighted by Gasteiger charge is 2.14. The molecule has 0 spiro atoms. The fraction of sp³-hybridized carbons (Fsp3) is 0.692. The van der Waals surface area contributed by atoms with E-state index in [1.807, 2.05) is 13.0 Å². The van der Waals surface area contributed by atoms with Crippen LogP contribution in [0.5, 0.6) is 0 Å². The summed E-state index contributed by atoms with van der Waals surface area (Å²) in [5.41, 5.74) is 0. The van der Waals surface area contributed by atoms with E-state index in [1.54, 1.807) is 11.8 Å². The molecule has 1 aliphatic rings. The van der Waals surface area contributed by atoms with Crippen molar-refractivity contribution in [1.29, 1.82) is 0 Å². The van der Waals surface area contributed by atoms with Crippen molar-refractivity contribution in [3.8, 4) is 0 Å². The molecular weight excluding hydrogens is 262 g/mol. The molecule has 1 atom stereocenters. The van der Waals surface area contributed by atoms with E-state index < -0.39 is 0 Å². The molecule has 2 rings (SSSR count). The van der Waals surface area contributed by atoms with Gasteiger partial charge in [0.2, 0.25) is 0 Å². The molecule has 0 saturated carbocycles. The van der Waals surface area contributed by atoms with E-state index in [-0.39, 0.29) is 6.29 Å². The van der Waals surface area contributed by atoms with Gasteiger partial charge in [-0.05, 0) is 26.2 Å². The normalized spacial score (nSPS) is 19.5. The van der Waals surface area contributed by atoms with Crippen LogP contribution < -0.4 is 0 Å². The zero-order chi connectivity index (χ0) is 13.5. The van der Waals surface area contributed by atoms with Gasteiger partial charge in [-0.2, -0.15) is 0 Å². The quantitative estimate of drug-likeness (QED) is 0.437. The summed E-state index contributed by atoms with van der Waals surface area (Å²) >= 11 is 1.66. The lowest BCUT2D eigenvalue weighted by Crippen LogP contribution is -2.23. The largest absolute Gasteiger partial charge is 0.353 e. The Morgan fingerprint density at radius 2 is 2.42 bits per heavy atom. The summed E-state index contributed by atoms with van der Waals surface area (Å²) in [5.74, 6) is 1.77. The summed E-state index contributed by atoms with van der Waals surface area (Å²) in [6, 6.07) is 0. The van der Waals surface area contributed by atoms with Gasteiger partial charge >= 0.3 is 0 Å². The number of thioether (sulfide) groups is 1. The molecule has 1 saturated heterocycles. The third-order valence-corrected chi connectivity index (χ3v) is 3.90. The van der Waals surface area contributed by atoms with E-state index in [4.69, 9.17) is 9.47 Å². The maximum Gasteiger partial charge on any atom is 0.191 e. The second kappa shape index (κ2) is 7.67. The van der Waals surface area contributed by atoms with Gasteiger partial charge in [-0.1, -0.05) is 17.8 Å². The van der Waals surface area contributed by atoms with E-state index >= 15 is 0 Å². The van der Waals surface area contributed by atoms with Gasteiger partial charge in [0.1, 0.15) is 5.82 Å². The lowest BCUT2D eigenvalue weighted by Gasteiger charge is -2.22. The van der Waals surface area contributed by atoms with E-state index in [0.717, 1.165) is 42.7 Å². The zero-order valence-electron chi connectivity index (χ0n) is 11.4. The molecule has 1 aliphatic heterocycles. The van der Waals surface area contributed by atoms with Crippen LogP contribution in [0.2, 0.25) is 0 Å². The number of hydrogen-bond donors (Lipinski definition) is 0. The van der Waals surface area contributed by atoms with Gasteiger partial charge in [0, 0.05) is 18.9 Å². The molecule has 0 N–H and O–H groups in total. The Morgan fingerprint density at radius 3 is 3.16 bits per heavy atom. The second-order valence-corrected chi connectivity index (χ2v) is 5.51. The Morgan fingerprint density at radius 1 is 1.53 bits per heavy atom. The first-order chi connectivity index (χ1) is 9.31. The van der Waals surface area contributed by atoms with E-state index in [9.17, 15) is 0 Å². The van der Waals surface area contributed by atoms with Crippen LogP contribution in [0.1, 0.15) is 25.1 Å². The first kappa shape index (κ1) is 14.6. The minimum Gasteiger partial charge on any atom is -0.353 e. The van der Waals surface area contributed by atoms with Crippen LogP contribution in [0.4, 0.5) is 0 Å². The maximum absolute atomic E-state index is 5.69. The minimum absolute atomic E-state index is 0.0119. The average molecular weight is 283 g/mol. The molecule has 0 bridgehead atoms. The van der Waals surface area contributed by atoms with Crippen LogP contribution in [-0.2, 0) is 16.0 Å². The Kier molecular flexibility index (Phi) is 5.88. The Labute approximate surface area is 118 Å². The number of allylic oxidation sites excluding steroid dienone is 1. The van der Waals surface area contributed by atoms with Crippen LogP contribution >= 0.6 is 11.8 Å². The van der Waals surface area contributed by atoms with Gasteiger partial charge in [0.15, 0.2) is 11.4 Å². The molecule has 0 aromatic carbocycles. The second-order valence-electron chi connectivity index (χ2n) is 4.44. The summed E-state index contributed by atoms with van der Waals surface area (Å²) < 4.78 is 13.3. The van der Waals surface area contributed by atoms with Crippen LogP contribution in [-0.4, -0.2) is 40.0 Å². The van der Waals surface area contributed by atoms with Crippen LogP contribution in [0.25, 0.3) is 0 Å². The minimum atomic E-state index is -0.0119. The molecule has 0 aliphatic carbocycles. The van der Waals surface area contributed by atoms with Crippen molar-refractivity contribution in [1.82, 2.24) is 14.8 Å². The fourth-order valence-electron chi connectivity index (χ4n) is 1.96. The molecule has 106 valence electrons. The topological polar surface area (TPSA) is 49.2 Å². The first-order valence-corrected chi connectivity index (χ1v) is 7.66. The summed E-state index contributed by atoms with van der Waals surface area (Å²) in [5, 5.41) is 9.16. The Bertz CT molecular complexity index is 403. The fourth-order valence-corrected chi connectivity index (χ4v) is 2.79. The van der Waals surface area contributed by atoms with Crippen molar-refractivity contribution in [3.63, 3.8) is 0 Å². The van der Waals surface area contributed by atoms with Gasteiger partial charge in [-0.3, -0.25) is 0 Å². The van der Waals surface area contributed by atoms with Crippen molar-refractivity contribution in [2.24, 2.45) is 0 Å². The van der Waals surface area contributed by atoms with Crippen molar-refractivity contribution < 1.29 is 9.47 Å². The van der Waals surface area contributed by atoms with Crippen molar-refractivity contribution >= 4 is 11.8 Å². The lowest BCUT2D eigenvalue weighted by atomic mass is 10.2. The molecule has 0 amide bonds. The van der Waals surface area contributed by atoms with Crippen molar-refractivity contribution in [2.45, 2.75) is 44.2 Å². The number of aryl methyl sites for hydroxylation is 1. The van der Waals surface area contributed by atoms with Gasteiger partial charge < -0.3 is 14.0 Å². The van der Waals surface area contributed by atoms with Gasteiger partial charge in [0.25, 0.3) is 0 Å². The molecule has 1 fully saturated rings. The highest BCUT2D eigenvalue weighted by Crippen LogP contribution is 2.18. The standard InChI is InChI=1S/C13H21N3O2S/c1-3-7-16-11(2)14-15-13(16)19-10-9-18-12-6-4-5-8-17-12/h3,12H,1,4-10H2,2H3/t12-/m1/s1. The van der Waals surface area contributed by atoms with Gasteiger partial charge in [0.05, 0.1) is 6.61 Å². The third-order valence-electron chi connectivity index (χ3n) is 2.97. The molecule has 2 heterocycles. The Hall–Kier alpha value is -0.850. The highest BCUT2D eigenvalue weighted by atomic mass is 32.2. The van der Waals surface area contributed by atoms with Crippen LogP contribution in [0.3, 0.4) is 0 Å². The zero-order valence-corrected chi connectivity index (χ0v) is 12.2. The number of rotatable bonds is 7. The molecular formula is C13H21N3O2S. The van der Waals surface area contributed by atoms with E-state index in [2.05, 4.69) is 21.3 Å². The van der Waals surface area contributed by atoms with Crippen LogP contribution in [0, 0.1) is 6.92 Å². The van der Waals surface area contributed by atoms with Gasteiger partial charge in [-0.25, -0.2) is 0 Å². The number of aromatic nitrogens is 3. The van der Waals surface area contributed by atoms with Crippen molar-refractivity contribution in [2.75, 3.05) is 19.0 Å². The number of hydrogen-bond acceptors (Lipinski definition) is 5. The average Bonchev–Trinajstić information content (AvgIpc) is 2.78. The predicted molar refractivity (Wildman–Crippen MR) is 75.2 cm³/mol. The summed E-state index contributed by atoms with van der Waals surface area (Å²) in [6.45, 7) is 7.94. The molecule has 6 heteroatoms. The molecule has 1 aromatic heterocycles. The van der Waals surface area contributed by atoms with E-state index in [0.29, 0.717) is 6.61 Å². The highest BCUT2D eigenvalue weighted by molar-refractivity contribution is 7.99. The monoisotopic (exact) mass is 283 g/mol. The van der Waals surface area contributed by atoms with Gasteiger partial charge in [-0.15, -0.1) is 16.8 Å². The number of ether oxygens (including phenoxy) is 2. The predicted octanol–water partition coefficient (Wildman–Crippen LogP) is 2.41. The molecule has 0 unspecified atom stereocenters. The van der Waals surface area contributed by atoms with E-state index in [1.165, 1.54) is 6.42 Å². The first-order valence-electron chi connectivity index (χ1n) is 6.68. The third kappa shape index (κ3) is 4.33. The summed E-state index contributed by atoms with van der Waals surface area (Å²) in [4.78, 5) is 0. The van der Waals surface area contributed by atoms with Crippen LogP contribution in [0.15, 0.2) is 17.8 Å². The Balaban J connectivity index is 1.71. The number of nitrogens with zero attached hydrogens (tertiary/aromatic N) is 3.